The molecule has 49 heavy (non-hydrogen) atoms. The number of aromatic amines is 1. The first-order valence-electron chi connectivity index (χ1n) is 16.8. The SMILES string of the molecule is CN(CCOCCCCCCNC[C@H](O)c1ccc(O)c2[nH]c(=O)ccc12)C1CCC(OC(C(=O)O)(c2cccs2)c2cccs2)CC1.F. The summed E-state index contributed by atoms with van der Waals surface area (Å²) in [6.45, 7) is 3.46. The Morgan fingerprint density at radius 1 is 1.00 bits per heavy atom. The lowest BCUT2D eigenvalue weighted by atomic mass is 9.90. The second kappa shape index (κ2) is 18.7. The van der Waals surface area contributed by atoms with E-state index in [9.17, 15) is 24.9 Å². The maximum Gasteiger partial charge on any atom is 0.347 e. The first kappa shape index (κ1) is 38.6. The number of phenolic OH excluding ortho intramolecular Hbond substituents is 1. The first-order chi connectivity index (χ1) is 23.3. The lowest BCUT2D eigenvalue weighted by Gasteiger charge is -2.38. The number of thiophene rings is 2. The van der Waals surface area contributed by atoms with Crippen molar-refractivity contribution in [2.24, 2.45) is 0 Å². The molecule has 0 radical (unpaired) electrons. The molecule has 0 amide bonds. The van der Waals surface area contributed by atoms with Gasteiger partial charge in [-0.15, -0.1) is 22.7 Å². The van der Waals surface area contributed by atoms with Crippen LogP contribution in [0.5, 0.6) is 5.75 Å². The molecule has 0 bridgehead atoms. The Hall–Kier alpha value is -3.17. The molecule has 1 saturated carbocycles. The molecule has 4 aromatic rings. The molecule has 13 heteroatoms. The number of aliphatic carboxylic acids is 1. The monoisotopic (exact) mass is 717 g/mol. The number of rotatable bonds is 19. The second-order valence-electron chi connectivity index (χ2n) is 12.5. The van der Waals surface area contributed by atoms with E-state index in [0.29, 0.717) is 45.4 Å². The molecule has 0 aliphatic heterocycles. The third-order valence-electron chi connectivity index (χ3n) is 9.23. The van der Waals surface area contributed by atoms with Crippen LogP contribution in [0.25, 0.3) is 10.9 Å². The van der Waals surface area contributed by atoms with Gasteiger partial charge in [0.15, 0.2) is 0 Å². The number of aromatic nitrogens is 1. The number of ether oxygens (including phenoxy) is 2. The third-order valence-corrected chi connectivity index (χ3v) is 11.2. The molecule has 268 valence electrons. The van der Waals surface area contributed by atoms with E-state index < -0.39 is 17.7 Å². The van der Waals surface area contributed by atoms with E-state index in [1.807, 2.05) is 35.0 Å². The van der Waals surface area contributed by atoms with E-state index in [1.54, 1.807) is 12.1 Å². The Morgan fingerprint density at radius 3 is 2.35 bits per heavy atom. The first-order valence-corrected chi connectivity index (χ1v) is 18.6. The predicted octanol–water partition coefficient (Wildman–Crippen LogP) is 6.00. The number of hydrogen-bond donors (Lipinski definition) is 5. The van der Waals surface area contributed by atoms with Crippen LogP contribution in [0, 0.1) is 0 Å². The number of fused-ring (bicyclic) bond motifs is 1. The molecule has 1 atom stereocenters. The summed E-state index contributed by atoms with van der Waals surface area (Å²) in [7, 11) is 2.14. The van der Waals surface area contributed by atoms with Gasteiger partial charge in [0.05, 0.1) is 34.1 Å². The number of aliphatic hydroxyl groups is 1. The number of aliphatic hydroxyl groups excluding tert-OH is 1. The van der Waals surface area contributed by atoms with Crippen molar-refractivity contribution in [3.05, 3.63) is 85.0 Å². The van der Waals surface area contributed by atoms with Gasteiger partial charge in [-0.1, -0.05) is 31.0 Å². The Kier molecular flexibility index (Phi) is 14.8. The minimum atomic E-state index is -1.45. The maximum atomic E-state index is 12.7. The van der Waals surface area contributed by atoms with Gasteiger partial charge in [-0.3, -0.25) is 9.50 Å². The summed E-state index contributed by atoms with van der Waals surface area (Å²) < 4.78 is 12.5. The van der Waals surface area contributed by atoms with Crippen molar-refractivity contribution in [2.75, 3.05) is 39.9 Å². The average molecular weight is 718 g/mol. The van der Waals surface area contributed by atoms with E-state index in [-0.39, 0.29) is 22.1 Å². The molecule has 10 nitrogen and oxygen atoms in total. The van der Waals surface area contributed by atoms with Crippen molar-refractivity contribution in [3.8, 4) is 5.75 Å². The molecular weight excluding hydrogens is 670 g/mol. The van der Waals surface area contributed by atoms with Crippen LogP contribution in [0.4, 0.5) is 4.70 Å². The zero-order valence-corrected chi connectivity index (χ0v) is 29.5. The van der Waals surface area contributed by atoms with Crippen LogP contribution >= 0.6 is 22.7 Å². The molecule has 5 N–H and O–H groups in total. The highest BCUT2D eigenvalue weighted by Crippen LogP contribution is 2.42. The standard InChI is InChI=1S/C36H47N3O7S2.FH/c1-39(25-10-12-26(13-11-25)46-36(35(43)44,31-8-6-22-47-31)32-9-7-23-48-32)19-21-45-20-5-3-2-4-18-37-24-30(41)27-14-16-29(40)34-28(27)15-17-33(42)38-34;/h6-9,14-17,22-23,25-26,30,37,40-41H,2-5,10-13,18-21,24H2,1H3,(H,38,42)(H,43,44);1H/t25?,26?,30-;/m0./s1. The van der Waals surface area contributed by atoms with E-state index in [2.05, 4.69) is 22.2 Å². The molecule has 1 fully saturated rings. The number of phenols is 1. The number of nitrogens with zero attached hydrogens (tertiary/aromatic N) is 1. The summed E-state index contributed by atoms with van der Waals surface area (Å²) in [4.78, 5) is 30.7. The zero-order chi connectivity index (χ0) is 33.9. The van der Waals surface area contributed by atoms with Crippen LogP contribution in [-0.2, 0) is 19.9 Å². The number of carboxylic acid groups (broad SMARTS) is 1. The minimum Gasteiger partial charge on any atom is -0.506 e. The lowest BCUT2D eigenvalue weighted by Crippen LogP contribution is -2.44. The van der Waals surface area contributed by atoms with Crippen LogP contribution in [0.1, 0.15) is 72.8 Å². The number of nitrogens with one attached hydrogen (secondary N) is 2. The molecule has 1 aliphatic rings. The summed E-state index contributed by atoms with van der Waals surface area (Å²) in [5.74, 6) is -0.976. The smallest absolute Gasteiger partial charge is 0.347 e. The Morgan fingerprint density at radius 2 is 1.69 bits per heavy atom. The Balaban J connectivity index is 0.00000541. The van der Waals surface area contributed by atoms with E-state index >= 15 is 0 Å². The number of pyridine rings is 1. The van der Waals surface area contributed by atoms with Crippen LogP contribution in [0.3, 0.4) is 0 Å². The van der Waals surface area contributed by atoms with Crippen molar-refractivity contribution < 1.29 is 34.3 Å². The molecule has 1 aliphatic carbocycles. The lowest BCUT2D eigenvalue weighted by molar-refractivity contribution is -0.170. The van der Waals surface area contributed by atoms with Crippen LogP contribution in [0.15, 0.2) is 64.1 Å². The summed E-state index contributed by atoms with van der Waals surface area (Å²) in [6.07, 6.45) is 6.87. The van der Waals surface area contributed by atoms with Crippen LogP contribution in [-0.4, -0.2) is 83.2 Å². The van der Waals surface area contributed by atoms with Gasteiger partial charge >= 0.3 is 5.97 Å². The van der Waals surface area contributed by atoms with Gasteiger partial charge in [0, 0.05) is 37.2 Å². The summed E-state index contributed by atoms with van der Waals surface area (Å²) >= 11 is 2.85. The highest BCUT2D eigenvalue weighted by Gasteiger charge is 2.48. The second-order valence-corrected chi connectivity index (χ2v) is 14.4. The van der Waals surface area contributed by atoms with Crippen LogP contribution < -0.4 is 10.9 Å². The molecule has 5 rings (SSSR count). The van der Waals surface area contributed by atoms with Gasteiger partial charge in [-0.05, 0) is 92.7 Å². The maximum absolute atomic E-state index is 12.7. The summed E-state index contributed by atoms with van der Waals surface area (Å²) in [5.41, 5.74) is -0.745. The number of hydrogen-bond acceptors (Lipinski definition) is 10. The summed E-state index contributed by atoms with van der Waals surface area (Å²) in [5, 5.41) is 38.9. The quantitative estimate of drug-likeness (QED) is 0.0739. The van der Waals surface area contributed by atoms with Gasteiger partial charge in [-0.25, -0.2) is 4.79 Å². The zero-order valence-electron chi connectivity index (χ0n) is 27.8. The Bertz CT molecular complexity index is 1590. The highest BCUT2D eigenvalue weighted by molar-refractivity contribution is 7.12. The van der Waals surface area contributed by atoms with Gasteiger partial charge in [0.2, 0.25) is 11.2 Å². The molecule has 3 heterocycles. The molecule has 3 aromatic heterocycles. The van der Waals surface area contributed by atoms with Crippen molar-refractivity contribution in [1.82, 2.24) is 15.2 Å². The van der Waals surface area contributed by atoms with Crippen molar-refractivity contribution >= 4 is 39.5 Å². The third kappa shape index (κ3) is 9.75. The van der Waals surface area contributed by atoms with Gasteiger partial charge in [-0.2, -0.15) is 0 Å². The van der Waals surface area contributed by atoms with E-state index in [0.717, 1.165) is 71.1 Å². The molecule has 0 spiro atoms. The largest absolute Gasteiger partial charge is 0.506 e. The van der Waals surface area contributed by atoms with E-state index in [1.165, 1.54) is 34.8 Å². The fourth-order valence-electron chi connectivity index (χ4n) is 6.51. The fourth-order valence-corrected chi connectivity index (χ4v) is 8.32. The molecule has 0 unspecified atom stereocenters. The number of benzene rings is 1. The van der Waals surface area contributed by atoms with Crippen molar-refractivity contribution in [3.63, 3.8) is 0 Å². The highest BCUT2D eigenvalue weighted by atomic mass is 32.1. The number of carboxylic acids is 1. The number of H-pyrrole nitrogens is 1. The van der Waals surface area contributed by atoms with Gasteiger partial charge in [0.25, 0.3) is 0 Å². The van der Waals surface area contributed by atoms with Crippen LogP contribution in [0.2, 0.25) is 0 Å². The molecule has 1 aromatic carbocycles. The average Bonchev–Trinajstić information content (AvgIpc) is 3.83. The van der Waals surface area contributed by atoms with Gasteiger partial charge in [0.1, 0.15) is 5.75 Å². The number of carbonyl (C=O) groups is 1. The summed E-state index contributed by atoms with van der Waals surface area (Å²) in [6, 6.07) is 14.1. The molecule has 0 saturated heterocycles. The number of aromatic hydroxyl groups is 1. The molecular formula is C36H48FN3O7S2. The van der Waals surface area contributed by atoms with Gasteiger partial charge < -0.3 is 40.0 Å². The normalized spacial score (nSPS) is 17.3. The minimum absolute atomic E-state index is 0. The fraction of sp³-hybridized carbons (Fsp3) is 0.500. The number of likely N-dealkylation sites (N-methyl/N-ethyl adjacent to an activating group) is 1. The number of halogens is 1. The van der Waals surface area contributed by atoms with Crippen molar-refractivity contribution in [1.29, 1.82) is 0 Å². The number of unbranched alkanes of at least 4 members (excludes halogenated alkanes) is 3. The van der Waals surface area contributed by atoms with Crippen molar-refractivity contribution in [2.45, 2.75) is 75.2 Å². The van der Waals surface area contributed by atoms with E-state index in [4.69, 9.17) is 9.47 Å². The predicted molar refractivity (Wildman–Crippen MR) is 193 cm³/mol. The topological polar surface area (TPSA) is 144 Å². The Labute approximate surface area is 294 Å².